The van der Waals surface area contributed by atoms with E-state index in [2.05, 4.69) is 51.3 Å². The standard InChI is InChI=1S/C16H36N2O/c1-7-13-15(17(9-3)10-4)19-16(14-8-2)18(11-5)12-6/h15-16H,7-14H2,1-6H3. The van der Waals surface area contributed by atoms with Crippen molar-refractivity contribution in [3.63, 3.8) is 0 Å². The van der Waals surface area contributed by atoms with E-state index in [1.807, 2.05) is 0 Å². The maximum atomic E-state index is 6.47. The van der Waals surface area contributed by atoms with Crippen molar-refractivity contribution in [2.24, 2.45) is 0 Å². The van der Waals surface area contributed by atoms with Crippen LogP contribution in [0.1, 0.15) is 67.2 Å². The van der Waals surface area contributed by atoms with Crippen LogP contribution in [0.5, 0.6) is 0 Å². The molecule has 0 heterocycles. The first-order valence-electron chi connectivity index (χ1n) is 8.31. The maximum absolute atomic E-state index is 6.47. The van der Waals surface area contributed by atoms with Crippen molar-refractivity contribution in [1.29, 1.82) is 0 Å². The minimum atomic E-state index is 0.275. The van der Waals surface area contributed by atoms with Crippen LogP contribution in [0.15, 0.2) is 0 Å². The van der Waals surface area contributed by atoms with Crippen molar-refractivity contribution in [1.82, 2.24) is 9.80 Å². The summed E-state index contributed by atoms with van der Waals surface area (Å²) in [6, 6.07) is 0. The van der Waals surface area contributed by atoms with Crippen molar-refractivity contribution in [3.8, 4) is 0 Å². The summed E-state index contributed by atoms with van der Waals surface area (Å²) in [7, 11) is 0. The lowest BCUT2D eigenvalue weighted by molar-refractivity contribution is -0.156. The third kappa shape index (κ3) is 6.73. The predicted molar refractivity (Wildman–Crippen MR) is 84.3 cm³/mol. The van der Waals surface area contributed by atoms with Crippen molar-refractivity contribution in [2.75, 3.05) is 26.2 Å². The highest BCUT2D eigenvalue weighted by Gasteiger charge is 2.23. The summed E-state index contributed by atoms with van der Waals surface area (Å²) < 4.78 is 6.47. The van der Waals surface area contributed by atoms with Gasteiger partial charge in [0.25, 0.3) is 0 Å². The van der Waals surface area contributed by atoms with E-state index < -0.39 is 0 Å². The Kier molecular flexibility index (Phi) is 11.6. The Bertz CT molecular complexity index is 171. The molecule has 0 saturated heterocycles. The lowest BCUT2D eigenvalue weighted by Gasteiger charge is -2.37. The molecule has 0 aliphatic heterocycles. The first-order valence-corrected chi connectivity index (χ1v) is 8.31. The highest BCUT2D eigenvalue weighted by atomic mass is 16.5. The molecule has 0 bridgehead atoms. The van der Waals surface area contributed by atoms with E-state index in [1.165, 1.54) is 12.8 Å². The van der Waals surface area contributed by atoms with E-state index in [4.69, 9.17) is 4.74 Å². The monoisotopic (exact) mass is 272 g/mol. The van der Waals surface area contributed by atoms with Crippen LogP contribution >= 0.6 is 0 Å². The zero-order valence-corrected chi connectivity index (χ0v) is 14.1. The normalized spacial score (nSPS) is 15.2. The quantitative estimate of drug-likeness (QED) is 0.501. The fourth-order valence-corrected chi connectivity index (χ4v) is 2.61. The zero-order chi connectivity index (χ0) is 14.7. The van der Waals surface area contributed by atoms with Gasteiger partial charge in [0, 0.05) is 0 Å². The molecule has 0 aliphatic carbocycles. The van der Waals surface area contributed by atoms with Crippen molar-refractivity contribution in [2.45, 2.75) is 79.7 Å². The molecule has 3 nitrogen and oxygen atoms in total. The lowest BCUT2D eigenvalue weighted by atomic mass is 10.2. The minimum Gasteiger partial charge on any atom is -0.345 e. The molecule has 0 saturated carbocycles. The summed E-state index contributed by atoms with van der Waals surface area (Å²) in [6.45, 7) is 17.7. The van der Waals surface area contributed by atoms with E-state index in [0.717, 1.165) is 39.0 Å². The molecule has 0 N–H and O–H groups in total. The molecular formula is C16H36N2O. The molecule has 116 valence electrons. The van der Waals surface area contributed by atoms with Gasteiger partial charge in [0.05, 0.1) is 0 Å². The largest absolute Gasteiger partial charge is 0.345 e. The highest BCUT2D eigenvalue weighted by molar-refractivity contribution is 4.66. The number of rotatable bonds is 12. The summed E-state index contributed by atoms with van der Waals surface area (Å²) in [6.07, 6.45) is 5.16. The molecule has 0 radical (unpaired) electrons. The van der Waals surface area contributed by atoms with Crippen LogP contribution in [0.3, 0.4) is 0 Å². The second-order valence-electron chi connectivity index (χ2n) is 5.07. The van der Waals surface area contributed by atoms with Gasteiger partial charge >= 0.3 is 0 Å². The molecule has 0 rings (SSSR count). The fraction of sp³-hybridized carbons (Fsp3) is 1.00. The average molecular weight is 272 g/mol. The lowest BCUT2D eigenvalue weighted by Crippen LogP contribution is -2.45. The summed E-state index contributed by atoms with van der Waals surface area (Å²) in [5.41, 5.74) is 0. The van der Waals surface area contributed by atoms with Gasteiger partial charge in [-0.15, -0.1) is 0 Å². The second-order valence-corrected chi connectivity index (χ2v) is 5.07. The Morgan fingerprint density at radius 2 is 0.947 bits per heavy atom. The van der Waals surface area contributed by atoms with E-state index in [9.17, 15) is 0 Å². The van der Waals surface area contributed by atoms with Crippen LogP contribution in [0.4, 0.5) is 0 Å². The van der Waals surface area contributed by atoms with Gasteiger partial charge < -0.3 is 4.74 Å². The predicted octanol–water partition coefficient (Wildman–Crippen LogP) is 3.94. The first-order chi connectivity index (χ1) is 9.18. The van der Waals surface area contributed by atoms with Crippen LogP contribution < -0.4 is 0 Å². The van der Waals surface area contributed by atoms with Gasteiger partial charge in [0.1, 0.15) is 12.5 Å². The van der Waals surface area contributed by atoms with Gasteiger partial charge in [-0.3, -0.25) is 9.80 Å². The van der Waals surface area contributed by atoms with Gasteiger partial charge in [0.2, 0.25) is 0 Å². The number of hydrogen-bond acceptors (Lipinski definition) is 3. The van der Waals surface area contributed by atoms with Gasteiger partial charge in [-0.1, -0.05) is 54.4 Å². The smallest absolute Gasteiger partial charge is 0.112 e. The van der Waals surface area contributed by atoms with Crippen molar-refractivity contribution < 1.29 is 4.74 Å². The van der Waals surface area contributed by atoms with Gasteiger partial charge in [0.15, 0.2) is 0 Å². The molecule has 0 fully saturated rings. The molecule has 3 heteroatoms. The van der Waals surface area contributed by atoms with Gasteiger partial charge in [-0.2, -0.15) is 0 Å². The molecule has 0 aliphatic rings. The van der Waals surface area contributed by atoms with E-state index in [1.54, 1.807) is 0 Å². The fourth-order valence-electron chi connectivity index (χ4n) is 2.61. The number of ether oxygens (including phenoxy) is 1. The van der Waals surface area contributed by atoms with Crippen molar-refractivity contribution in [3.05, 3.63) is 0 Å². The number of nitrogens with zero attached hydrogens (tertiary/aromatic N) is 2. The van der Waals surface area contributed by atoms with E-state index in [-0.39, 0.29) is 12.5 Å². The highest BCUT2D eigenvalue weighted by Crippen LogP contribution is 2.16. The van der Waals surface area contributed by atoms with Crippen LogP contribution in [0.25, 0.3) is 0 Å². The van der Waals surface area contributed by atoms with Crippen LogP contribution in [0.2, 0.25) is 0 Å². The SMILES string of the molecule is CCCC(OC(CCC)N(CC)CC)N(CC)CC. The van der Waals surface area contributed by atoms with Crippen LogP contribution in [-0.2, 0) is 4.74 Å². The van der Waals surface area contributed by atoms with Gasteiger partial charge in [-0.05, 0) is 39.0 Å². The molecule has 0 spiro atoms. The molecule has 2 atom stereocenters. The number of hydrogen-bond donors (Lipinski definition) is 0. The van der Waals surface area contributed by atoms with Crippen LogP contribution in [0, 0.1) is 0 Å². The van der Waals surface area contributed by atoms with Gasteiger partial charge in [-0.25, -0.2) is 0 Å². The van der Waals surface area contributed by atoms with E-state index >= 15 is 0 Å². The summed E-state index contributed by atoms with van der Waals surface area (Å²) in [5, 5.41) is 0. The molecule has 0 aromatic carbocycles. The Balaban J connectivity index is 4.71. The Hall–Kier alpha value is -0.120. The van der Waals surface area contributed by atoms with E-state index in [0.29, 0.717) is 0 Å². The van der Waals surface area contributed by atoms with Crippen molar-refractivity contribution >= 4 is 0 Å². The maximum Gasteiger partial charge on any atom is 0.112 e. The molecule has 19 heavy (non-hydrogen) atoms. The summed E-state index contributed by atoms with van der Waals surface area (Å²) >= 11 is 0. The minimum absolute atomic E-state index is 0.275. The zero-order valence-electron chi connectivity index (χ0n) is 14.1. The Labute approximate surface area is 121 Å². The Morgan fingerprint density at radius 1 is 0.632 bits per heavy atom. The summed E-state index contributed by atoms with van der Waals surface area (Å²) in [5.74, 6) is 0. The third-order valence-corrected chi connectivity index (χ3v) is 3.82. The third-order valence-electron chi connectivity index (χ3n) is 3.82. The van der Waals surface area contributed by atoms with Crippen LogP contribution in [-0.4, -0.2) is 48.4 Å². The average Bonchev–Trinajstić information content (AvgIpc) is 2.41. The molecule has 0 amide bonds. The molecule has 2 unspecified atom stereocenters. The summed E-state index contributed by atoms with van der Waals surface area (Å²) in [4.78, 5) is 4.88. The molecule has 0 aromatic heterocycles. The second kappa shape index (κ2) is 11.7. The first kappa shape index (κ1) is 18.9. The topological polar surface area (TPSA) is 15.7 Å². The Morgan fingerprint density at radius 3 is 1.16 bits per heavy atom. The molecular weight excluding hydrogens is 236 g/mol. The molecule has 0 aromatic rings.